The van der Waals surface area contributed by atoms with E-state index in [1.807, 2.05) is 18.2 Å². The fourth-order valence-electron chi connectivity index (χ4n) is 3.82. The largest absolute Gasteiger partial charge is 0.378 e. The number of nitrogens with zero attached hydrogens (tertiary/aromatic N) is 2. The number of hydrogen-bond acceptors (Lipinski definition) is 4. The Kier molecular flexibility index (Phi) is 7.47. The number of morpholine rings is 1. The Morgan fingerprint density at radius 3 is 2.56 bits per heavy atom. The van der Waals surface area contributed by atoms with Crippen molar-refractivity contribution in [3.05, 3.63) is 81.0 Å². The number of hydrazone groups is 1. The number of hydrogen-bond donors (Lipinski definition) is 2. The van der Waals surface area contributed by atoms with Crippen LogP contribution in [-0.4, -0.2) is 43.4 Å². The monoisotopic (exact) mass is 470 g/mol. The summed E-state index contributed by atoms with van der Waals surface area (Å²) in [6.07, 6.45) is 5.77. The number of carbonyl (C=O) groups excluding carboxylic acids is 1. The minimum atomic E-state index is -0.453. The van der Waals surface area contributed by atoms with Crippen LogP contribution in [0.4, 0.5) is 10.5 Å². The number of halogens is 2. The molecule has 4 rings (SSSR count). The molecule has 0 unspecified atom stereocenters. The van der Waals surface area contributed by atoms with E-state index in [1.165, 1.54) is 16.8 Å². The summed E-state index contributed by atoms with van der Waals surface area (Å²) in [5.74, 6) is 0. The van der Waals surface area contributed by atoms with E-state index in [0.717, 1.165) is 31.5 Å². The van der Waals surface area contributed by atoms with Gasteiger partial charge in [-0.15, -0.1) is 0 Å². The summed E-state index contributed by atoms with van der Waals surface area (Å²) in [6.45, 7) is 3.09. The van der Waals surface area contributed by atoms with Crippen LogP contribution in [-0.2, 0) is 4.74 Å². The van der Waals surface area contributed by atoms with Gasteiger partial charge in [0.25, 0.3) is 0 Å². The number of anilines is 1. The molecule has 2 N–H and O–H groups in total. The summed E-state index contributed by atoms with van der Waals surface area (Å²) in [7, 11) is 0. The third-order valence-corrected chi connectivity index (χ3v) is 6.04. The van der Waals surface area contributed by atoms with Gasteiger partial charge in [-0.25, -0.2) is 10.2 Å². The quantitative estimate of drug-likeness (QED) is 0.443. The van der Waals surface area contributed by atoms with Gasteiger partial charge in [-0.05, 0) is 53.8 Å². The second-order valence-corrected chi connectivity index (χ2v) is 8.32. The topological polar surface area (TPSA) is 66.0 Å². The van der Waals surface area contributed by atoms with Crippen molar-refractivity contribution in [1.29, 1.82) is 0 Å². The highest BCUT2D eigenvalue weighted by Gasteiger charge is 2.25. The number of nitrogens with one attached hydrogen (secondary N) is 2. The molecule has 0 radical (unpaired) electrons. The number of benzene rings is 2. The molecule has 1 fully saturated rings. The first-order chi connectivity index (χ1) is 15.6. The minimum Gasteiger partial charge on any atom is -0.378 e. The summed E-state index contributed by atoms with van der Waals surface area (Å²) >= 11 is 11.9. The molecule has 166 valence electrons. The van der Waals surface area contributed by atoms with Crippen LogP contribution in [0.1, 0.15) is 18.4 Å². The molecule has 0 aromatic heterocycles. The molecule has 1 aliphatic heterocycles. The van der Waals surface area contributed by atoms with Gasteiger partial charge in [-0.1, -0.05) is 53.5 Å². The van der Waals surface area contributed by atoms with E-state index in [4.69, 9.17) is 27.9 Å². The highest BCUT2D eigenvalue weighted by atomic mass is 35.5. The van der Waals surface area contributed by atoms with Crippen LogP contribution in [0.15, 0.2) is 70.5 Å². The summed E-state index contributed by atoms with van der Waals surface area (Å²) in [4.78, 5) is 14.6. The lowest BCUT2D eigenvalue weighted by Gasteiger charge is -2.31. The van der Waals surface area contributed by atoms with Crippen LogP contribution >= 0.6 is 23.2 Å². The maximum absolute atomic E-state index is 12.2. The first-order valence-corrected chi connectivity index (χ1v) is 11.2. The van der Waals surface area contributed by atoms with Gasteiger partial charge in [0.05, 0.1) is 29.5 Å². The van der Waals surface area contributed by atoms with Crippen molar-refractivity contribution in [3.63, 3.8) is 0 Å². The number of ether oxygens (including phenoxy) is 1. The van der Waals surface area contributed by atoms with E-state index in [-0.39, 0.29) is 0 Å². The molecule has 1 saturated heterocycles. The molecule has 2 aliphatic rings. The molecule has 1 aliphatic carbocycles. The molecule has 2 aromatic rings. The number of rotatable bonds is 5. The Balaban J connectivity index is 1.49. The lowest BCUT2D eigenvalue weighted by Crippen LogP contribution is -2.36. The van der Waals surface area contributed by atoms with E-state index in [2.05, 4.69) is 39.0 Å². The van der Waals surface area contributed by atoms with Crippen molar-refractivity contribution in [3.8, 4) is 0 Å². The van der Waals surface area contributed by atoms with Gasteiger partial charge in [-0.3, -0.25) is 0 Å². The van der Waals surface area contributed by atoms with E-state index in [1.54, 1.807) is 24.4 Å². The summed E-state index contributed by atoms with van der Waals surface area (Å²) < 4.78 is 5.53. The van der Waals surface area contributed by atoms with Crippen LogP contribution in [0.2, 0.25) is 10.0 Å². The number of allylic oxidation sites excluding steroid dienone is 2. The summed E-state index contributed by atoms with van der Waals surface area (Å²) in [5, 5.41) is 7.68. The number of amides is 2. The molecule has 8 heteroatoms. The standard InChI is InChI=1S/C24H24Cl2N4O2/c25-21-9-8-20(15-22(21)26)28-24(31)29-27-16-19-7-6-18(14-17-4-2-1-3-5-17)23(19)30-10-12-32-13-11-30/h1-5,8-9,14-16H,6-7,10-13H2,(H2,28,29,31). The minimum absolute atomic E-state index is 0.372. The molecule has 2 amide bonds. The molecule has 0 bridgehead atoms. The highest BCUT2D eigenvalue weighted by Crippen LogP contribution is 2.35. The maximum Gasteiger partial charge on any atom is 0.339 e. The van der Waals surface area contributed by atoms with E-state index in [0.29, 0.717) is 28.9 Å². The average molecular weight is 471 g/mol. The Labute approximate surface area is 197 Å². The predicted octanol–water partition coefficient (Wildman–Crippen LogP) is 5.56. The second-order valence-electron chi connectivity index (χ2n) is 7.51. The normalized spacial score (nSPS) is 17.9. The van der Waals surface area contributed by atoms with Crippen LogP contribution in [0.5, 0.6) is 0 Å². The third kappa shape index (κ3) is 5.71. The lowest BCUT2D eigenvalue weighted by atomic mass is 10.1. The molecule has 1 heterocycles. The SMILES string of the molecule is O=C(NN=CC1=C(N2CCOCC2)C(=Cc2ccccc2)CC1)Nc1ccc(Cl)c(Cl)c1. The highest BCUT2D eigenvalue weighted by molar-refractivity contribution is 6.42. The van der Waals surface area contributed by atoms with Crippen LogP contribution in [0.3, 0.4) is 0 Å². The van der Waals surface area contributed by atoms with Gasteiger partial charge in [-0.2, -0.15) is 5.10 Å². The molecule has 0 spiro atoms. The summed E-state index contributed by atoms with van der Waals surface area (Å²) in [5.41, 5.74) is 7.80. The van der Waals surface area contributed by atoms with E-state index < -0.39 is 6.03 Å². The van der Waals surface area contributed by atoms with Crippen molar-refractivity contribution in [1.82, 2.24) is 10.3 Å². The van der Waals surface area contributed by atoms with Gasteiger partial charge in [0, 0.05) is 24.5 Å². The average Bonchev–Trinajstić information content (AvgIpc) is 3.20. The maximum atomic E-state index is 12.2. The zero-order valence-electron chi connectivity index (χ0n) is 17.5. The molecular weight excluding hydrogens is 447 g/mol. The molecule has 0 saturated carbocycles. The fraction of sp³-hybridized carbons (Fsp3) is 0.250. The second kappa shape index (κ2) is 10.7. The van der Waals surface area contributed by atoms with Crippen LogP contribution < -0.4 is 10.7 Å². The van der Waals surface area contributed by atoms with Crippen molar-refractivity contribution in [2.75, 3.05) is 31.6 Å². The van der Waals surface area contributed by atoms with Crippen molar-refractivity contribution in [2.45, 2.75) is 12.8 Å². The number of urea groups is 1. The Bertz CT molecular complexity index is 1060. The van der Waals surface area contributed by atoms with Crippen molar-refractivity contribution < 1.29 is 9.53 Å². The lowest BCUT2D eigenvalue weighted by molar-refractivity contribution is 0.0548. The predicted molar refractivity (Wildman–Crippen MR) is 130 cm³/mol. The third-order valence-electron chi connectivity index (χ3n) is 5.30. The molecule has 0 atom stereocenters. The zero-order chi connectivity index (χ0) is 22.3. The van der Waals surface area contributed by atoms with E-state index in [9.17, 15) is 4.79 Å². The van der Waals surface area contributed by atoms with Crippen molar-refractivity contribution in [2.24, 2.45) is 5.10 Å². The smallest absolute Gasteiger partial charge is 0.339 e. The van der Waals surface area contributed by atoms with Gasteiger partial charge in [0.15, 0.2) is 0 Å². The Morgan fingerprint density at radius 2 is 1.81 bits per heavy atom. The van der Waals surface area contributed by atoms with Gasteiger partial charge >= 0.3 is 6.03 Å². The van der Waals surface area contributed by atoms with Crippen LogP contribution in [0, 0.1) is 0 Å². The van der Waals surface area contributed by atoms with Crippen molar-refractivity contribution >= 4 is 47.2 Å². The number of carbonyl (C=O) groups is 1. The van der Waals surface area contributed by atoms with Crippen LogP contribution in [0.25, 0.3) is 6.08 Å². The molecule has 32 heavy (non-hydrogen) atoms. The van der Waals surface area contributed by atoms with Gasteiger partial charge in [0.1, 0.15) is 0 Å². The fourth-order valence-corrected chi connectivity index (χ4v) is 4.12. The molecular formula is C24H24Cl2N4O2. The van der Waals surface area contributed by atoms with Gasteiger partial charge in [0.2, 0.25) is 0 Å². The Hall–Kier alpha value is -2.80. The first-order valence-electron chi connectivity index (χ1n) is 10.5. The van der Waals surface area contributed by atoms with E-state index >= 15 is 0 Å². The Morgan fingerprint density at radius 1 is 1.03 bits per heavy atom. The first kappa shape index (κ1) is 22.4. The van der Waals surface area contributed by atoms with Gasteiger partial charge < -0.3 is 15.0 Å². The zero-order valence-corrected chi connectivity index (χ0v) is 19.0. The summed E-state index contributed by atoms with van der Waals surface area (Å²) in [6, 6.07) is 14.7. The molecule has 6 nitrogen and oxygen atoms in total. The molecule has 2 aromatic carbocycles.